The van der Waals surface area contributed by atoms with E-state index < -0.39 is 0 Å². The quantitative estimate of drug-likeness (QED) is 0.848. The van der Waals surface area contributed by atoms with Crippen LogP contribution in [0.2, 0.25) is 0 Å². The summed E-state index contributed by atoms with van der Waals surface area (Å²) in [4.78, 5) is 18.8. The van der Waals surface area contributed by atoms with Gasteiger partial charge >= 0.3 is 6.03 Å². The Bertz CT molecular complexity index is 697. The highest BCUT2D eigenvalue weighted by atomic mass is 16.5. The average Bonchev–Trinajstić information content (AvgIpc) is 3.15. The van der Waals surface area contributed by atoms with E-state index in [4.69, 9.17) is 9.15 Å². The van der Waals surface area contributed by atoms with Gasteiger partial charge in [0, 0.05) is 45.0 Å². The summed E-state index contributed by atoms with van der Waals surface area (Å²) < 4.78 is 11.3. The number of amides is 2. The van der Waals surface area contributed by atoms with Gasteiger partial charge in [0.05, 0.1) is 6.10 Å². The van der Waals surface area contributed by atoms with Gasteiger partial charge in [0.15, 0.2) is 11.5 Å². The summed E-state index contributed by atoms with van der Waals surface area (Å²) >= 11 is 0. The van der Waals surface area contributed by atoms with Gasteiger partial charge in [-0.25, -0.2) is 9.78 Å². The van der Waals surface area contributed by atoms with Crippen LogP contribution in [0.1, 0.15) is 25.2 Å². The minimum atomic E-state index is 0.0454. The Morgan fingerprint density at radius 2 is 2.08 bits per heavy atom. The molecule has 0 spiro atoms. The first-order chi connectivity index (χ1) is 12.2. The molecule has 1 aliphatic heterocycles. The Morgan fingerprint density at radius 1 is 1.32 bits per heavy atom. The number of carbonyl (C=O) groups excluding carboxylic acids is 1. The van der Waals surface area contributed by atoms with Crippen molar-refractivity contribution >= 4 is 17.1 Å². The molecular formula is C19H25N3O3. The van der Waals surface area contributed by atoms with Crippen LogP contribution < -0.4 is 5.32 Å². The molecule has 1 aliphatic carbocycles. The number of carbonyl (C=O) groups is 1. The second-order valence-corrected chi connectivity index (χ2v) is 7.11. The first-order valence-corrected chi connectivity index (χ1v) is 9.14. The van der Waals surface area contributed by atoms with Crippen molar-refractivity contribution in [3.05, 3.63) is 30.2 Å². The number of nitrogens with one attached hydrogen (secondary N) is 1. The van der Waals surface area contributed by atoms with Crippen molar-refractivity contribution in [1.29, 1.82) is 0 Å². The molecule has 2 heterocycles. The summed E-state index contributed by atoms with van der Waals surface area (Å²) in [7, 11) is 1.79. The molecule has 4 rings (SSSR count). The third-order valence-corrected chi connectivity index (χ3v) is 5.49. The molecule has 6 nitrogen and oxygen atoms in total. The van der Waals surface area contributed by atoms with Crippen LogP contribution in [0.5, 0.6) is 0 Å². The number of nitrogens with zero attached hydrogens (tertiary/aromatic N) is 2. The zero-order valence-electron chi connectivity index (χ0n) is 14.6. The maximum Gasteiger partial charge on any atom is 0.317 e. The third-order valence-electron chi connectivity index (χ3n) is 5.49. The van der Waals surface area contributed by atoms with Crippen LogP contribution in [-0.2, 0) is 11.2 Å². The molecule has 1 saturated heterocycles. The summed E-state index contributed by atoms with van der Waals surface area (Å²) in [5.74, 6) is 1.72. The number of urea groups is 1. The van der Waals surface area contributed by atoms with Gasteiger partial charge in [0.2, 0.25) is 0 Å². The number of aryl methyl sites for hydroxylation is 1. The van der Waals surface area contributed by atoms with Crippen LogP contribution in [0.15, 0.2) is 28.7 Å². The van der Waals surface area contributed by atoms with E-state index in [1.54, 1.807) is 7.11 Å². The summed E-state index contributed by atoms with van der Waals surface area (Å²) in [6, 6.07) is 7.81. The Balaban J connectivity index is 1.23. The molecule has 1 aromatic carbocycles. The molecule has 2 bridgehead atoms. The number of likely N-dealkylation sites (tertiary alicyclic amines) is 1. The lowest BCUT2D eigenvalue weighted by molar-refractivity contribution is -0.00504. The van der Waals surface area contributed by atoms with E-state index in [0.717, 1.165) is 42.9 Å². The Hall–Kier alpha value is -2.08. The Kier molecular flexibility index (Phi) is 4.61. The van der Waals surface area contributed by atoms with Crippen LogP contribution in [-0.4, -0.2) is 48.8 Å². The van der Waals surface area contributed by atoms with Crippen molar-refractivity contribution in [2.75, 3.05) is 26.7 Å². The maximum atomic E-state index is 12.4. The predicted octanol–water partition coefficient (Wildman–Crippen LogP) is 2.83. The molecule has 6 heteroatoms. The molecule has 2 amide bonds. The standard InChI is InChI=1S/C19H25N3O3/c1-24-18-13-8-9-14(18)12-22(11-13)19(23)20-10-4-7-17-21-15-5-2-3-6-16(15)25-17/h2-3,5-6,13-14,18H,4,7-12H2,1H3,(H,20,23)/t13-,14+,18?. The monoisotopic (exact) mass is 343 g/mol. The topological polar surface area (TPSA) is 67.6 Å². The number of para-hydroxylation sites is 2. The fraction of sp³-hybridized carbons (Fsp3) is 0.579. The van der Waals surface area contributed by atoms with Gasteiger partial charge in [-0.2, -0.15) is 0 Å². The van der Waals surface area contributed by atoms with Crippen LogP contribution in [0.3, 0.4) is 0 Å². The third kappa shape index (κ3) is 3.35. The number of aromatic nitrogens is 1. The van der Waals surface area contributed by atoms with Crippen molar-refractivity contribution in [2.45, 2.75) is 31.8 Å². The van der Waals surface area contributed by atoms with Crippen LogP contribution in [0.4, 0.5) is 4.79 Å². The summed E-state index contributed by atoms with van der Waals surface area (Å²) in [5.41, 5.74) is 1.70. The van der Waals surface area contributed by atoms with Gasteiger partial charge in [-0.1, -0.05) is 12.1 Å². The van der Waals surface area contributed by atoms with Crippen LogP contribution in [0.25, 0.3) is 11.1 Å². The molecule has 1 N–H and O–H groups in total. The molecule has 1 unspecified atom stereocenters. The van der Waals surface area contributed by atoms with Crippen molar-refractivity contribution in [1.82, 2.24) is 15.2 Å². The number of benzene rings is 1. The first kappa shape index (κ1) is 16.4. The number of ether oxygens (including phenoxy) is 1. The number of piperidine rings is 1. The highest BCUT2D eigenvalue weighted by molar-refractivity contribution is 5.74. The van der Waals surface area contributed by atoms with Crippen molar-refractivity contribution < 1.29 is 13.9 Å². The van der Waals surface area contributed by atoms with Crippen LogP contribution >= 0.6 is 0 Å². The largest absolute Gasteiger partial charge is 0.441 e. The van der Waals surface area contributed by atoms with Crippen LogP contribution in [0, 0.1) is 11.8 Å². The van der Waals surface area contributed by atoms with E-state index >= 15 is 0 Å². The maximum absolute atomic E-state index is 12.4. The van der Waals surface area contributed by atoms with Gasteiger partial charge < -0.3 is 19.4 Å². The van der Waals surface area contributed by atoms with E-state index in [1.807, 2.05) is 29.2 Å². The Labute approximate surface area is 147 Å². The molecule has 2 aromatic rings. The smallest absolute Gasteiger partial charge is 0.317 e. The zero-order chi connectivity index (χ0) is 17.2. The first-order valence-electron chi connectivity index (χ1n) is 9.14. The van der Waals surface area contributed by atoms with E-state index in [-0.39, 0.29) is 6.03 Å². The Morgan fingerprint density at radius 3 is 2.80 bits per heavy atom. The second kappa shape index (κ2) is 7.04. The minimum Gasteiger partial charge on any atom is -0.441 e. The highest BCUT2D eigenvalue weighted by Gasteiger charge is 2.43. The van der Waals surface area contributed by atoms with Gasteiger partial charge in [-0.3, -0.25) is 0 Å². The van der Waals surface area contributed by atoms with E-state index in [0.29, 0.717) is 24.5 Å². The van der Waals surface area contributed by atoms with Gasteiger partial charge in [0.25, 0.3) is 0 Å². The lowest BCUT2D eigenvalue weighted by atomic mass is 9.95. The predicted molar refractivity (Wildman–Crippen MR) is 94.3 cm³/mol. The second-order valence-electron chi connectivity index (χ2n) is 7.11. The molecule has 1 aromatic heterocycles. The molecule has 134 valence electrons. The molecule has 1 saturated carbocycles. The SMILES string of the molecule is COC1[C@@H]2CC[C@H]1CN(C(=O)NCCCc1nc3ccccc3o1)C2. The normalized spacial score (nSPS) is 25.5. The van der Waals surface area contributed by atoms with Gasteiger partial charge in [0.1, 0.15) is 5.52 Å². The summed E-state index contributed by atoms with van der Waals surface area (Å²) in [6.07, 6.45) is 4.23. The fourth-order valence-electron chi connectivity index (χ4n) is 4.30. The zero-order valence-corrected chi connectivity index (χ0v) is 14.6. The van der Waals surface area contributed by atoms with E-state index in [9.17, 15) is 4.79 Å². The fourth-order valence-corrected chi connectivity index (χ4v) is 4.30. The number of fused-ring (bicyclic) bond motifs is 3. The van der Waals surface area contributed by atoms with E-state index in [1.165, 1.54) is 12.8 Å². The number of hydrogen-bond acceptors (Lipinski definition) is 4. The molecule has 0 radical (unpaired) electrons. The molecule has 2 fully saturated rings. The number of methoxy groups -OCH3 is 1. The minimum absolute atomic E-state index is 0.0454. The van der Waals surface area contributed by atoms with Gasteiger partial charge in [-0.15, -0.1) is 0 Å². The van der Waals surface area contributed by atoms with Crippen molar-refractivity contribution in [3.63, 3.8) is 0 Å². The molecule has 25 heavy (non-hydrogen) atoms. The number of rotatable bonds is 5. The number of hydrogen-bond donors (Lipinski definition) is 1. The lowest BCUT2D eigenvalue weighted by Gasteiger charge is -2.37. The highest BCUT2D eigenvalue weighted by Crippen LogP contribution is 2.38. The average molecular weight is 343 g/mol. The lowest BCUT2D eigenvalue weighted by Crippen LogP contribution is -2.51. The summed E-state index contributed by atoms with van der Waals surface area (Å²) in [6.45, 7) is 2.26. The molecular weight excluding hydrogens is 318 g/mol. The van der Waals surface area contributed by atoms with E-state index in [2.05, 4.69) is 10.3 Å². The number of oxazole rings is 1. The summed E-state index contributed by atoms with van der Waals surface area (Å²) in [5, 5.41) is 3.03. The van der Waals surface area contributed by atoms with Crippen molar-refractivity contribution in [3.8, 4) is 0 Å². The molecule has 3 atom stereocenters. The van der Waals surface area contributed by atoms with Crippen molar-refractivity contribution in [2.24, 2.45) is 11.8 Å². The molecule has 2 aliphatic rings. The van der Waals surface area contributed by atoms with Gasteiger partial charge in [-0.05, 0) is 31.4 Å².